The number of hydrogen-bond donors (Lipinski definition) is 0. The van der Waals surface area contributed by atoms with E-state index in [4.69, 9.17) is 11.6 Å². The maximum atomic E-state index is 6.15. The molecule has 0 radical (unpaired) electrons. The Morgan fingerprint density at radius 2 is 1.75 bits per heavy atom. The Bertz CT molecular complexity index is 699. The Balaban J connectivity index is 1.80. The lowest BCUT2D eigenvalue weighted by molar-refractivity contribution is 0.756. The third-order valence-electron chi connectivity index (χ3n) is 2.76. The minimum atomic E-state index is 0.729. The number of hydrogen-bond acceptors (Lipinski definition) is 4. The van der Waals surface area contributed by atoms with Gasteiger partial charge in [0.05, 0.1) is 5.69 Å². The molecule has 0 aliphatic carbocycles. The topological polar surface area (TPSA) is 43.6 Å². The molecule has 100 valence electrons. The lowest BCUT2D eigenvalue weighted by Gasteiger charge is -2.05. The maximum Gasteiger partial charge on any atom is 0.214 e. The zero-order valence-electron chi connectivity index (χ0n) is 10.5. The van der Waals surface area contributed by atoms with Crippen LogP contribution in [-0.2, 0) is 5.75 Å². The van der Waals surface area contributed by atoms with E-state index in [1.54, 1.807) is 16.4 Å². The third-order valence-corrected chi connectivity index (χ3v) is 4.09. The number of aromatic nitrogens is 4. The molecule has 3 rings (SSSR count). The van der Waals surface area contributed by atoms with E-state index < -0.39 is 0 Å². The first-order valence-electron chi connectivity index (χ1n) is 6.04. The molecule has 6 heteroatoms. The summed E-state index contributed by atoms with van der Waals surface area (Å²) < 4.78 is 1.72. The first-order chi connectivity index (χ1) is 9.84. The van der Waals surface area contributed by atoms with Crippen molar-refractivity contribution in [1.29, 1.82) is 0 Å². The standard InChI is InChI=1S/C14H11ClN4S/c15-13-9-5-4-6-11(13)10-20-14-16-17-18-19(14)12-7-2-1-3-8-12/h1-9H,10H2. The lowest BCUT2D eigenvalue weighted by Crippen LogP contribution is -1.98. The summed E-state index contributed by atoms with van der Waals surface area (Å²) in [5.41, 5.74) is 2.01. The first-order valence-corrected chi connectivity index (χ1v) is 7.41. The van der Waals surface area contributed by atoms with Crippen LogP contribution in [0.15, 0.2) is 59.8 Å². The summed E-state index contributed by atoms with van der Waals surface area (Å²) in [5, 5.41) is 13.3. The number of benzene rings is 2. The monoisotopic (exact) mass is 302 g/mol. The van der Waals surface area contributed by atoms with Gasteiger partial charge in [-0.15, -0.1) is 5.10 Å². The van der Waals surface area contributed by atoms with Crippen LogP contribution in [0.25, 0.3) is 5.69 Å². The molecule has 2 aromatic carbocycles. The van der Waals surface area contributed by atoms with Gasteiger partial charge >= 0.3 is 0 Å². The van der Waals surface area contributed by atoms with Crippen molar-refractivity contribution in [2.24, 2.45) is 0 Å². The highest BCUT2D eigenvalue weighted by Crippen LogP contribution is 2.25. The maximum absolute atomic E-state index is 6.15. The number of halogens is 1. The van der Waals surface area contributed by atoms with Crippen LogP contribution in [0.2, 0.25) is 5.02 Å². The molecule has 0 fully saturated rings. The molecule has 0 spiro atoms. The summed E-state index contributed by atoms with van der Waals surface area (Å²) in [6, 6.07) is 17.6. The van der Waals surface area contributed by atoms with Crippen molar-refractivity contribution >= 4 is 23.4 Å². The lowest BCUT2D eigenvalue weighted by atomic mass is 10.2. The Hall–Kier alpha value is -1.85. The molecular weight excluding hydrogens is 292 g/mol. The van der Waals surface area contributed by atoms with Crippen LogP contribution in [0, 0.1) is 0 Å². The van der Waals surface area contributed by atoms with Gasteiger partial charge in [0.1, 0.15) is 0 Å². The van der Waals surface area contributed by atoms with Gasteiger partial charge < -0.3 is 0 Å². The largest absolute Gasteiger partial charge is 0.214 e. The molecule has 0 saturated carbocycles. The van der Waals surface area contributed by atoms with Crippen LogP contribution in [0.1, 0.15) is 5.56 Å². The van der Waals surface area contributed by atoms with E-state index in [2.05, 4.69) is 15.5 Å². The molecule has 0 aliphatic heterocycles. The molecule has 0 aliphatic rings. The molecule has 0 amide bonds. The molecule has 4 nitrogen and oxygen atoms in total. The number of para-hydroxylation sites is 1. The van der Waals surface area contributed by atoms with Gasteiger partial charge in [-0.05, 0) is 34.2 Å². The number of tetrazole rings is 1. The van der Waals surface area contributed by atoms with Crippen molar-refractivity contribution in [2.45, 2.75) is 10.9 Å². The van der Waals surface area contributed by atoms with Gasteiger partial charge in [-0.1, -0.05) is 59.8 Å². The van der Waals surface area contributed by atoms with Crippen LogP contribution < -0.4 is 0 Å². The Morgan fingerprint density at radius 1 is 1.00 bits per heavy atom. The van der Waals surface area contributed by atoms with Gasteiger partial charge in [0.15, 0.2) is 0 Å². The van der Waals surface area contributed by atoms with Gasteiger partial charge in [-0.2, -0.15) is 4.68 Å². The van der Waals surface area contributed by atoms with Crippen molar-refractivity contribution in [2.75, 3.05) is 0 Å². The van der Waals surface area contributed by atoms with Crippen LogP contribution in [0.5, 0.6) is 0 Å². The van der Waals surface area contributed by atoms with Crippen LogP contribution in [0.4, 0.5) is 0 Å². The summed E-state index contributed by atoms with van der Waals surface area (Å²) >= 11 is 7.71. The average molecular weight is 303 g/mol. The second kappa shape index (κ2) is 6.07. The van der Waals surface area contributed by atoms with Crippen molar-refractivity contribution < 1.29 is 0 Å². The molecule has 1 aromatic heterocycles. The van der Waals surface area contributed by atoms with E-state index >= 15 is 0 Å². The fourth-order valence-electron chi connectivity index (χ4n) is 1.76. The van der Waals surface area contributed by atoms with Crippen LogP contribution in [-0.4, -0.2) is 20.2 Å². The van der Waals surface area contributed by atoms with Gasteiger partial charge in [-0.3, -0.25) is 0 Å². The van der Waals surface area contributed by atoms with E-state index in [0.29, 0.717) is 0 Å². The van der Waals surface area contributed by atoms with E-state index in [-0.39, 0.29) is 0 Å². The molecule has 1 heterocycles. The number of rotatable bonds is 4. The molecule has 0 saturated heterocycles. The van der Waals surface area contributed by atoms with E-state index in [1.165, 1.54) is 0 Å². The highest BCUT2D eigenvalue weighted by Gasteiger charge is 2.09. The zero-order chi connectivity index (χ0) is 13.8. The fraction of sp³-hybridized carbons (Fsp3) is 0.0714. The van der Waals surface area contributed by atoms with Gasteiger partial charge in [0.2, 0.25) is 5.16 Å². The summed E-state index contributed by atoms with van der Waals surface area (Å²) in [6.45, 7) is 0. The third kappa shape index (κ3) is 2.84. The molecule has 20 heavy (non-hydrogen) atoms. The molecule has 0 bridgehead atoms. The summed E-state index contributed by atoms with van der Waals surface area (Å²) in [5.74, 6) is 0.729. The van der Waals surface area contributed by atoms with Gasteiger partial charge in [0.25, 0.3) is 0 Å². The first kappa shape index (κ1) is 13.1. The smallest absolute Gasteiger partial charge is 0.188 e. The quantitative estimate of drug-likeness (QED) is 0.691. The average Bonchev–Trinajstić information content (AvgIpc) is 2.96. The summed E-state index contributed by atoms with van der Waals surface area (Å²) in [6.07, 6.45) is 0. The number of nitrogens with zero attached hydrogens (tertiary/aromatic N) is 4. The Kier molecular flexibility index (Phi) is 3.99. The van der Waals surface area contributed by atoms with E-state index in [9.17, 15) is 0 Å². The Morgan fingerprint density at radius 3 is 2.55 bits per heavy atom. The highest BCUT2D eigenvalue weighted by atomic mass is 35.5. The van der Waals surface area contributed by atoms with Crippen LogP contribution in [0.3, 0.4) is 0 Å². The molecule has 3 aromatic rings. The molecule has 0 N–H and O–H groups in total. The van der Waals surface area contributed by atoms with Crippen molar-refractivity contribution in [1.82, 2.24) is 20.2 Å². The second-order valence-corrected chi connectivity index (χ2v) is 5.44. The van der Waals surface area contributed by atoms with E-state index in [1.807, 2.05) is 54.6 Å². The van der Waals surface area contributed by atoms with Gasteiger partial charge in [-0.25, -0.2) is 0 Å². The Labute approximate surface area is 125 Å². The van der Waals surface area contributed by atoms with Crippen molar-refractivity contribution in [3.63, 3.8) is 0 Å². The minimum Gasteiger partial charge on any atom is -0.188 e. The predicted octanol–water partition coefficient (Wildman–Crippen LogP) is 3.61. The summed E-state index contributed by atoms with van der Waals surface area (Å²) in [4.78, 5) is 0. The SMILES string of the molecule is Clc1ccccc1CSc1nnnn1-c1ccccc1. The molecular formula is C14H11ClN4S. The van der Waals surface area contributed by atoms with E-state index in [0.717, 1.165) is 27.2 Å². The van der Waals surface area contributed by atoms with Crippen molar-refractivity contribution in [3.8, 4) is 5.69 Å². The second-order valence-electron chi connectivity index (χ2n) is 4.09. The fourth-order valence-corrected chi connectivity index (χ4v) is 2.93. The molecule has 0 unspecified atom stereocenters. The van der Waals surface area contributed by atoms with Crippen LogP contribution >= 0.6 is 23.4 Å². The summed E-state index contributed by atoms with van der Waals surface area (Å²) in [7, 11) is 0. The highest BCUT2D eigenvalue weighted by molar-refractivity contribution is 7.98. The minimum absolute atomic E-state index is 0.729. The number of thioether (sulfide) groups is 1. The van der Waals surface area contributed by atoms with Crippen molar-refractivity contribution in [3.05, 3.63) is 65.2 Å². The predicted molar refractivity (Wildman–Crippen MR) is 80.2 cm³/mol. The zero-order valence-corrected chi connectivity index (χ0v) is 12.1. The molecule has 0 atom stereocenters. The van der Waals surface area contributed by atoms with Gasteiger partial charge in [0, 0.05) is 10.8 Å². The normalized spacial score (nSPS) is 10.7.